The molecule has 2 fully saturated rings. The minimum Gasteiger partial charge on any atom is -0.481 e. The highest BCUT2D eigenvalue weighted by molar-refractivity contribution is 5.90. The molecule has 0 aliphatic carbocycles. The van der Waals surface area contributed by atoms with Crippen LogP contribution >= 0.6 is 0 Å². The van der Waals surface area contributed by atoms with Crippen LogP contribution in [0.2, 0.25) is 0 Å². The summed E-state index contributed by atoms with van der Waals surface area (Å²) in [5, 5.41) is 16.0. The van der Waals surface area contributed by atoms with Crippen LogP contribution in [0, 0.1) is 5.92 Å². The highest BCUT2D eigenvalue weighted by atomic mass is 16.5. The zero-order chi connectivity index (χ0) is 14.8. The van der Waals surface area contributed by atoms with Gasteiger partial charge in [-0.2, -0.15) is 4.98 Å². The lowest BCUT2D eigenvalue weighted by molar-refractivity contribution is -0.143. The third-order valence-corrected chi connectivity index (χ3v) is 4.05. The summed E-state index contributed by atoms with van der Waals surface area (Å²) in [7, 11) is 0. The Hall–Kier alpha value is -1.96. The Balaban J connectivity index is 1.68. The van der Waals surface area contributed by atoms with Crippen LogP contribution in [0.1, 0.15) is 48.2 Å². The molecule has 8 heteroatoms. The molecule has 0 radical (unpaired) electrons. The van der Waals surface area contributed by atoms with Gasteiger partial charge in [-0.25, -0.2) is 0 Å². The first kappa shape index (κ1) is 14.0. The summed E-state index contributed by atoms with van der Waals surface area (Å²) < 4.78 is 5.15. The van der Waals surface area contributed by atoms with Crippen LogP contribution in [-0.4, -0.2) is 51.7 Å². The molecule has 0 bridgehead atoms. The van der Waals surface area contributed by atoms with Crippen LogP contribution in [-0.2, 0) is 4.79 Å². The van der Waals surface area contributed by atoms with E-state index in [0.717, 1.165) is 19.4 Å². The Labute approximate surface area is 121 Å². The molecule has 2 atom stereocenters. The third kappa shape index (κ3) is 2.90. The predicted octanol–water partition coefficient (Wildman–Crippen LogP) is 0.431. The Morgan fingerprint density at radius 1 is 1.33 bits per heavy atom. The maximum atomic E-state index is 12.3. The molecule has 2 aliphatic heterocycles. The van der Waals surface area contributed by atoms with Gasteiger partial charge in [-0.1, -0.05) is 5.16 Å². The number of hydrogen-bond acceptors (Lipinski definition) is 6. The van der Waals surface area contributed by atoms with E-state index >= 15 is 0 Å². The summed E-state index contributed by atoms with van der Waals surface area (Å²) in [6.07, 6.45) is 3.24. The molecule has 3 rings (SSSR count). The predicted molar refractivity (Wildman–Crippen MR) is 70.5 cm³/mol. The fourth-order valence-corrected chi connectivity index (χ4v) is 2.86. The molecule has 1 unspecified atom stereocenters. The van der Waals surface area contributed by atoms with E-state index in [1.807, 2.05) is 0 Å². The lowest BCUT2D eigenvalue weighted by atomic mass is 9.98. The first-order chi connectivity index (χ1) is 10.1. The zero-order valence-corrected chi connectivity index (χ0v) is 11.6. The quantitative estimate of drug-likeness (QED) is 0.832. The van der Waals surface area contributed by atoms with Crippen molar-refractivity contribution in [2.75, 3.05) is 19.6 Å². The number of rotatable bonds is 3. The van der Waals surface area contributed by atoms with Crippen molar-refractivity contribution < 1.29 is 19.2 Å². The fraction of sp³-hybridized carbons (Fsp3) is 0.692. The van der Waals surface area contributed by atoms with Gasteiger partial charge >= 0.3 is 5.97 Å². The van der Waals surface area contributed by atoms with Crippen molar-refractivity contribution in [1.82, 2.24) is 20.4 Å². The number of carbonyl (C=O) groups excluding carboxylic acids is 1. The van der Waals surface area contributed by atoms with Crippen LogP contribution in [0.5, 0.6) is 0 Å². The van der Waals surface area contributed by atoms with Gasteiger partial charge in [0.05, 0.1) is 12.0 Å². The minimum atomic E-state index is -0.864. The number of nitrogens with zero attached hydrogens (tertiary/aromatic N) is 3. The number of likely N-dealkylation sites (tertiary alicyclic amines) is 1. The number of carbonyl (C=O) groups is 2. The number of carboxylic acid groups (broad SMARTS) is 1. The summed E-state index contributed by atoms with van der Waals surface area (Å²) >= 11 is 0. The smallest absolute Gasteiger partial charge is 0.308 e. The van der Waals surface area contributed by atoms with Crippen molar-refractivity contribution in [2.45, 2.75) is 31.7 Å². The number of aliphatic carboxylic acids is 1. The fourth-order valence-electron chi connectivity index (χ4n) is 2.86. The second-order valence-corrected chi connectivity index (χ2v) is 5.53. The lowest BCUT2D eigenvalue weighted by Crippen LogP contribution is -2.42. The Morgan fingerprint density at radius 2 is 2.19 bits per heavy atom. The summed E-state index contributed by atoms with van der Waals surface area (Å²) in [4.78, 5) is 29.0. The SMILES string of the molecule is O=C(O)[C@@H]1CCCN(C(=O)c2noc(C3CCCN3)n2)C1. The molecule has 2 N–H and O–H groups in total. The van der Waals surface area contributed by atoms with E-state index in [2.05, 4.69) is 15.5 Å². The monoisotopic (exact) mass is 294 g/mol. The maximum Gasteiger partial charge on any atom is 0.308 e. The molecule has 1 aromatic heterocycles. The Kier molecular flexibility index (Phi) is 3.87. The summed E-state index contributed by atoms with van der Waals surface area (Å²) in [6, 6.07) is 0.0205. The molecule has 8 nitrogen and oxygen atoms in total. The number of aromatic nitrogens is 2. The molecule has 21 heavy (non-hydrogen) atoms. The molecular formula is C13H18N4O4. The van der Waals surface area contributed by atoms with Crippen molar-refractivity contribution >= 4 is 11.9 Å². The van der Waals surface area contributed by atoms with Gasteiger partial charge in [-0.15, -0.1) is 0 Å². The van der Waals surface area contributed by atoms with Gasteiger partial charge in [0.2, 0.25) is 5.89 Å². The number of piperidine rings is 1. The molecule has 1 aromatic rings. The minimum absolute atomic E-state index is 0.0183. The van der Waals surface area contributed by atoms with Crippen molar-refractivity contribution in [3.05, 3.63) is 11.7 Å². The molecule has 0 aromatic carbocycles. The van der Waals surface area contributed by atoms with Gasteiger partial charge in [0.15, 0.2) is 0 Å². The van der Waals surface area contributed by atoms with Gasteiger partial charge < -0.3 is 19.8 Å². The highest BCUT2D eigenvalue weighted by Gasteiger charge is 2.31. The van der Waals surface area contributed by atoms with E-state index < -0.39 is 11.9 Å². The van der Waals surface area contributed by atoms with Gasteiger partial charge in [0, 0.05) is 13.1 Å². The third-order valence-electron chi connectivity index (χ3n) is 4.05. The van der Waals surface area contributed by atoms with Gasteiger partial charge in [-0.05, 0) is 32.2 Å². The van der Waals surface area contributed by atoms with E-state index in [-0.39, 0.29) is 24.3 Å². The normalized spacial score (nSPS) is 26.0. The molecular weight excluding hydrogens is 276 g/mol. The molecule has 114 valence electrons. The summed E-state index contributed by atoms with van der Waals surface area (Å²) in [5.41, 5.74) is 0. The highest BCUT2D eigenvalue weighted by Crippen LogP contribution is 2.22. The topological polar surface area (TPSA) is 109 Å². The van der Waals surface area contributed by atoms with Crippen molar-refractivity contribution in [3.8, 4) is 0 Å². The van der Waals surface area contributed by atoms with Crippen LogP contribution in [0.15, 0.2) is 4.52 Å². The van der Waals surface area contributed by atoms with Crippen LogP contribution in [0.3, 0.4) is 0 Å². The molecule has 3 heterocycles. The number of nitrogens with one attached hydrogen (secondary N) is 1. The average molecular weight is 294 g/mol. The molecule has 1 amide bonds. The van der Waals surface area contributed by atoms with E-state index in [0.29, 0.717) is 25.3 Å². The van der Waals surface area contributed by atoms with Crippen LogP contribution < -0.4 is 5.32 Å². The van der Waals surface area contributed by atoms with Crippen molar-refractivity contribution in [3.63, 3.8) is 0 Å². The van der Waals surface area contributed by atoms with Crippen LogP contribution in [0.4, 0.5) is 0 Å². The standard InChI is InChI=1S/C13H18N4O4/c18-12(17-6-2-3-8(7-17)13(19)20)10-15-11(21-16-10)9-4-1-5-14-9/h8-9,14H,1-7H2,(H,19,20)/t8-,9?/m1/s1. The lowest BCUT2D eigenvalue weighted by Gasteiger charge is -2.29. The number of amides is 1. The average Bonchev–Trinajstić information content (AvgIpc) is 3.17. The van der Waals surface area contributed by atoms with Gasteiger partial charge in [0.25, 0.3) is 11.7 Å². The number of carboxylic acids is 1. The largest absolute Gasteiger partial charge is 0.481 e. The van der Waals surface area contributed by atoms with Crippen LogP contribution in [0.25, 0.3) is 0 Å². The first-order valence-electron chi connectivity index (χ1n) is 7.24. The maximum absolute atomic E-state index is 12.3. The van der Waals surface area contributed by atoms with Crippen molar-refractivity contribution in [2.24, 2.45) is 5.92 Å². The molecule has 2 aliphatic rings. The molecule has 2 saturated heterocycles. The molecule has 0 spiro atoms. The summed E-state index contributed by atoms with van der Waals surface area (Å²) in [5.74, 6) is -1.27. The Morgan fingerprint density at radius 3 is 2.90 bits per heavy atom. The van der Waals surface area contributed by atoms with E-state index in [4.69, 9.17) is 9.63 Å². The second kappa shape index (κ2) is 5.80. The van der Waals surface area contributed by atoms with Gasteiger partial charge in [0.1, 0.15) is 0 Å². The van der Waals surface area contributed by atoms with Crippen molar-refractivity contribution in [1.29, 1.82) is 0 Å². The second-order valence-electron chi connectivity index (χ2n) is 5.53. The first-order valence-corrected chi connectivity index (χ1v) is 7.24. The van der Waals surface area contributed by atoms with E-state index in [1.165, 1.54) is 4.90 Å². The Bertz CT molecular complexity index is 538. The number of hydrogen-bond donors (Lipinski definition) is 2. The molecule has 0 saturated carbocycles. The summed E-state index contributed by atoms with van der Waals surface area (Å²) in [6.45, 7) is 1.65. The van der Waals surface area contributed by atoms with E-state index in [9.17, 15) is 9.59 Å². The zero-order valence-electron chi connectivity index (χ0n) is 11.6. The van der Waals surface area contributed by atoms with Gasteiger partial charge in [-0.3, -0.25) is 9.59 Å². The van der Waals surface area contributed by atoms with E-state index in [1.54, 1.807) is 0 Å².